The Morgan fingerprint density at radius 3 is 2.22 bits per heavy atom. The van der Waals surface area contributed by atoms with Crippen molar-refractivity contribution in [2.24, 2.45) is 0 Å². The molecule has 7 heteroatoms. The van der Waals surface area contributed by atoms with Gasteiger partial charge in [0.2, 0.25) is 10.0 Å². The minimum atomic E-state index is -3.30. The van der Waals surface area contributed by atoms with Crippen LogP contribution in [-0.4, -0.2) is 39.8 Å². The van der Waals surface area contributed by atoms with Crippen molar-refractivity contribution in [1.29, 1.82) is 0 Å². The molecule has 0 heterocycles. The molecule has 130 valence electrons. The predicted octanol–water partition coefficient (Wildman–Crippen LogP) is 2.15. The van der Waals surface area contributed by atoms with Gasteiger partial charge in [0.1, 0.15) is 5.75 Å². The summed E-state index contributed by atoms with van der Waals surface area (Å²) in [5, 5.41) is 2.90. The van der Waals surface area contributed by atoms with Gasteiger partial charge in [-0.15, -0.1) is 0 Å². The number of amides is 1. The number of carbonyl (C=O) groups is 1. The third-order valence-corrected chi connectivity index (χ3v) is 4.85. The van der Waals surface area contributed by atoms with Crippen molar-refractivity contribution in [2.75, 3.05) is 17.6 Å². The van der Waals surface area contributed by atoms with Crippen LogP contribution in [0.2, 0.25) is 0 Å². The number of nitrogens with one attached hydrogen (secondary N) is 1. The maximum Gasteiger partial charge on any atom is 0.261 e. The van der Waals surface area contributed by atoms with Crippen molar-refractivity contribution in [3.8, 4) is 5.75 Å². The molecule has 0 saturated carbocycles. The molecule has 0 aliphatic rings. The quantitative estimate of drug-likeness (QED) is 0.785. The van der Waals surface area contributed by atoms with E-state index in [1.165, 1.54) is 11.4 Å². The second kappa shape index (κ2) is 8.19. The molecule has 0 saturated heterocycles. The average molecular weight is 342 g/mol. The lowest BCUT2D eigenvalue weighted by molar-refractivity contribution is -0.128. The number of benzene rings is 1. The molecular weight excluding hydrogens is 316 g/mol. The monoisotopic (exact) mass is 342 g/mol. The predicted molar refractivity (Wildman–Crippen MR) is 92.3 cm³/mol. The van der Waals surface area contributed by atoms with Crippen LogP contribution in [0, 0.1) is 0 Å². The van der Waals surface area contributed by atoms with E-state index in [1.54, 1.807) is 24.3 Å². The summed E-state index contributed by atoms with van der Waals surface area (Å²) >= 11 is 0. The van der Waals surface area contributed by atoms with Crippen molar-refractivity contribution in [3.63, 3.8) is 0 Å². The van der Waals surface area contributed by atoms with Crippen LogP contribution < -0.4 is 14.4 Å². The van der Waals surface area contributed by atoms with Gasteiger partial charge in [-0.05, 0) is 44.0 Å². The smallest absolute Gasteiger partial charge is 0.261 e. The molecule has 1 aromatic carbocycles. The third kappa shape index (κ3) is 5.74. The lowest BCUT2D eigenvalue weighted by atomic mass is 10.2. The van der Waals surface area contributed by atoms with Gasteiger partial charge >= 0.3 is 0 Å². The zero-order valence-corrected chi connectivity index (χ0v) is 15.2. The Morgan fingerprint density at radius 1 is 1.22 bits per heavy atom. The fourth-order valence-corrected chi connectivity index (χ4v) is 2.36. The molecule has 1 rings (SSSR count). The van der Waals surface area contributed by atoms with Gasteiger partial charge in [0.25, 0.3) is 5.91 Å². The van der Waals surface area contributed by atoms with Crippen LogP contribution in [0.1, 0.15) is 33.6 Å². The Hall–Kier alpha value is -1.76. The zero-order chi connectivity index (χ0) is 17.6. The topological polar surface area (TPSA) is 75.7 Å². The van der Waals surface area contributed by atoms with Gasteiger partial charge in [-0.25, -0.2) is 8.42 Å². The first-order valence-corrected chi connectivity index (χ1v) is 9.54. The van der Waals surface area contributed by atoms with Crippen LogP contribution in [0.15, 0.2) is 24.3 Å². The highest BCUT2D eigenvalue weighted by Gasteiger charge is 2.20. The van der Waals surface area contributed by atoms with E-state index in [2.05, 4.69) is 5.32 Å². The molecule has 0 fully saturated rings. The molecule has 0 aliphatic carbocycles. The van der Waals surface area contributed by atoms with E-state index < -0.39 is 16.1 Å². The summed E-state index contributed by atoms with van der Waals surface area (Å²) in [6, 6.07) is 6.73. The lowest BCUT2D eigenvalue weighted by Gasteiger charge is -2.21. The van der Waals surface area contributed by atoms with Gasteiger partial charge in [-0.1, -0.05) is 13.8 Å². The second-order valence-electron chi connectivity index (χ2n) is 5.56. The van der Waals surface area contributed by atoms with Crippen LogP contribution in [0.25, 0.3) is 0 Å². The Labute approximate surface area is 138 Å². The summed E-state index contributed by atoms with van der Waals surface area (Å²) in [7, 11) is -1.81. The molecular formula is C16H26N2O4S. The molecule has 2 atom stereocenters. The summed E-state index contributed by atoms with van der Waals surface area (Å²) in [4.78, 5) is 12.1. The fraction of sp³-hybridized carbons (Fsp3) is 0.562. The Bertz CT molecular complexity index is 613. The largest absolute Gasteiger partial charge is 0.481 e. The van der Waals surface area contributed by atoms with Gasteiger partial charge in [0.15, 0.2) is 6.10 Å². The number of hydrogen-bond acceptors (Lipinski definition) is 4. The van der Waals surface area contributed by atoms with E-state index in [4.69, 9.17) is 4.74 Å². The van der Waals surface area contributed by atoms with E-state index >= 15 is 0 Å². The summed E-state index contributed by atoms with van der Waals surface area (Å²) in [6.07, 6.45) is 1.98. The fourth-order valence-electron chi connectivity index (χ4n) is 1.85. The zero-order valence-electron chi connectivity index (χ0n) is 14.4. The number of ether oxygens (including phenoxy) is 1. The molecule has 0 spiro atoms. The van der Waals surface area contributed by atoms with Crippen molar-refractivity contribution in [2.45, 2.75) is 45.8 Å². The summed E-state index contributed by atoms with van der Waals surface area (Å²) in [6.45, 7) is 5.83. The van der Waals surface area contributed by atoms with Crippen LogP contribution >= 0.6 is 0 Å². The molecule has 0 aromatic heterocycles. The molecule has 0 aliphatic heterocycles. The van der Waals surface area contributed by atoms with Gasteiger partial charge in [-0.2, -0.15) is 0 Å². The van der Waals surface area contributed by atoms with Gasteiger partial charge < -0.3 is 10.1 Å². The Kier molecular flexibility index (Phi) is 6.87. The Morgan fingerprint density at radius 2 is 1.78 bits per heavy atom. The highest BCUT2D eigenvalue weighted by Crippen LogP contribution is 2.21. The van der Waals surface area contributed by atoms with Crippen LogP contribution in [0.3, 0.4) is 0 Å². The Balaban J connectivity index is 2.78. The molecule has 1 amide bonds. The summed E-state index contributed by atoms with van der Waals surface area (Å²) in [5.74, 6) is 0.390. The third-order valence-electron chi connectivity index (χ3n) is 3.64. The highest BCUT2D eigenvalue weighted by molar-refractivity contribution is 7.92. The highest BCUT2D eigenvalue weighted by atomic mass is 32.2. The lowest BCUT2D eigenvalue weighted by Crippen LogP contribution is -2.42. The number of anilines is 1. The minimum Gasteiger partial charge on any atom is -0.481 e. The minimum absolute atomic E-state index is 0.103. The van der Waals surface area contributed by atoms with Crippen LogP contribution in [-0.2, 0) is 14.8 Å². The van der Waals surface area contributed by atoms with Crippen LogP contribution in [0.5, 0.6) is 5.75 Å². The van der Waals surface area contributed by atoms with Crippen molar-refractivity contribution < 1.29 is 17.9 Å². The van der Waals surface area contributed by atoms with Crippen LogP contribution in [0.4, 0.5) is 5.69 Å². The van der Waals surface area contributed by atoms with Gasteiger partial charge in [0.05, 0.1) is 11.9 Å². The van der Waals surface area contributed by atoms with Crippen molar-refractivity contribution in [1.82, 2.24) is 5.32 Å². The van der Waals surface area contributed by atoms with E-state index in [0.717, 1.165) is 12.7 Å². The first-order valence-electron chi connectivity index (χ1n) is 7.70. The summed E-state index contributed by atoms with van der Waals surface area (Å²) < 4.78 is 29.9. The number of carbonyl (C=O) groups excluding carboxylic acids is 1. The number of hydrogen-bond donors (Lipinski definition) is 1. The first-order chi connectivity index (χ1) is 10.7. The maximum atomic E-state index is 12.1. The van der Waals surface area contributed by atoms with E-state index in [1.807, 2.05) is 20.8 Å². The van der Waals surface area contributed by atoms with Gasteiger partial charge in [-0.3, -0.25) is 9.10 Å². The van der Waals surface area contributed by atoms with E-state index in [9.17, 15) is 13.2 Å². The molecule has 1 aromatic rings. The van der Waals surface area contributed by atoms with E-state index in [0.29, 0.717) is 17.9 Å². The number of sulfonamides is 1. The molecule has 0 radical (unpaired) electrons. The number of nitrogens with zero attached hydrogens (tertiary/aromatic N) is 1. The van der Waals surface area contributed by atoms with Crippen molar-refractivity contribution >= 4 is 21.6 Å². The first kappa shape index (κ1) is 19.3. The summed E-state index contributed by atoms with van der Waals surface area (Å²) in [5.41, 5.74) is 0.539. The molecule has 0 bridgehead atoms. The van der Waals surface area contributed by atoms with Gasteiger partial charge in [0, 0.05) is 13.1 Å². The number of rotatable bonds is 8. The average Bonchev–Trinajstić information content (AvgIpc) is 2.51. The molecule has 6 nitrogen and oxygen atoms in total. The van der Waals surface area contributed by atoms with Crippen molar-refractivity contribution in [3.05, 3.63) is 24.3 Å². The maximum absolute atomic E-state index is 12.1. The second-order valence-corrected chi connectivity index (χ2v) is 7.57. The molecule has 1 N–H and O–H groups in total. The standard InChI is InChI=1S/C16H26N2O4S/c1-6-12(3)17-16(19)15(7-2)22-14-10-8-13(9-11-14)18(4)23(5,20)21/h8-12,15H,6-7H2,1-5H3,(H,17,19)/t12-,15-/m1/s1. The molecule has 0 unspecified atom stereocenters. The normalized spacial score (nSPS) is 14.0. The van der Waals surface area contributed by atoms with E-state index in [-0.39, 0.29) is 11.9 Å². The SMILES string of the molecule is CC[C@@H](C)NC(=O)[C@@H](CC)Oc1ccc(N(C)S(C)(=O)=O)cc1. The molecule has 23 heavy (non-hydrogen) atoms.